The summed E-state index contributed by atoms with van der Waals surface area (Å²) < 4.78 is 1.04. The van der Waals surface area contributed by atoms with E-state index in [4.69, 9.17) is 0 Å². The molecule has 1 aliphatic carbocycles. The van der Waals surface area contributed by atoms with Gasteiger partial charge in [0, 0.05) is 21.6 Å². The predicted molar refractivity (Wildman–Crippen MR) is 91.3 cm³/mol. The smallest absolute Gasteiger partial charge is 0.0736 e. The number of halogens is 1. The van der Waals surface area contributed by atoms with E-state index in [1.165, 1.54) is 0 Å². The largest absolute Gasteiger partial charge is 0.545 e. The van der Waals surface area contributed by atoms with Gasteiger partial charge in [-0.3, -0.25) is 0 Å². The highest BCUT2D eigenvalue weighted by Gasteiger charge is 2.39. The maximum Gasteiger partial charge on any atom is 0.0736 e. The number of para-hydroxylation sites is 1. The van der Waals surface area contributed by atoms with Crippen molar-refractivity contribution >= 4 is 27.6 Å². The van der Waals surface area contributed by atoms with Gasteiger partial charge in [-0.25, -0.2) is 0 Å². The zero-order valence-corrected chi connectivity index (χ0v) is 13.9. The van der Waals surface area contributed by atoms with Crippen LogP contribution in [-0.4, -0.2) is 5.97 Å². The summed E-state index contributed by atoms with van der Waals surface area (Å²) in [5.74, 6) is -0.512. The topological polar surface area (TPSA) is 52.2 Å². The Morgan fingerprint density at radius 3 is 2.70 bits per heavy atom. The fourth-order valence-electron chi connectivity index (χ4n) is 3.83. The van der Waals surface area contributed by atoms with Crippen molar-refractivity contribution in [1.82, 2.24) is 0 Å². The van der Waals surface area contributed by atoms with E-state index in [0.29, 0.717) is 11.6 Å². The van der Waals surface area contributed by atoms with Crippen LogP contribution in [0.2, 0.25) is 0 Å². The Morgan fingerprint density at radius 2 is 1.91 bits per heavy atom. The Kier molecular flexibility index (Phi) is 3.49. The monoisotopic (exact) mass is 368 g/mol. The molecule has 4 rings (SSSR count). The minimum absolute atomic E-state index is 0.0681. The zero-order valence-electron chi connectivity index (χ0n) is 12.3. The van der Waals surface area contributed by atoms with Gasteiger partial charge in [0.05, 0.1) is 12.0 Å². The number of carboxylic acids is 1. The molecule has 3 nitrogen and oxygen atoms in total. The molecule has 0 bridgehead atoms. The summed E-state index contributed by atoms with van der Waals surface area (Å²) in [4.78, 5) is 11.5. The normalized spacial score (nSPS) is 24.7. The molecule has 23 heavy (non-hydrogen) atoms. The second-order valence-corrected chi connectivity index (χ2v) is 6.91. The van der Waals surface area contributed by atoms with E-state index in [1.54, 1.807) is 12.1 Å². The molecular weight excluding hydrogens is 354 g/mol. The van der Waals surface area contributed by atoms with Crippen LogP contribution in [-0.2, 0) is 0 Å². The first-order chi connectivity index (χ1) is 11.2. The molecule has 0 aromatic heterocycles. The fraction of sp³-hybridized carbons (Fsp3) is 0.211. The molecule has 0 radical (unpaired) electrons. The molecule has 2 aromatic carbocycles. The molecule has 116 valence electrons. The Morgan fingerprint density at radius 1 is 1.13 bits per heavy atom. The highest BCUT2D eigenvalue weighted by molar-refractivity contribution is 9.10. The zero-order chi connectivity index (χ0) is 16.0. The predicted octanol–water partition coefficient (Wildman–Crippen LogP) is 3.64. The minimum Gasteiger partial charge on any atom is -0.545 e. The summed E-state index contributed by atoms with van der Waals surface area (Å²) >= 11 is 3.63. The molecule has 0 amide bonds. The van der Waals surface area contributed by atoms with Crippen molar-refractivity contribution in [3.63, 3.8) is 0 Å². The standard InChI is InChI=1S/C19H16BrNO2/c20-16-10-2-1-5-14(16)17-12-7-3-6-11(12)13-8-4-9-15(19(22)23)18(13)21-17/h1-6,8-12,17,21H,7H2,(H,22,23)/p-1/t11-,12-,17-/m0/s1. The van der Waals surface area contributed by atoms with Crippen LogP contribution in [0.1, 0.15) is 39.9 Å². The quantitative estimate of drug-likeness (QED) is 0.823. The number of hydrogen-bond acceptors (Lipinski definition) is 3. The molecule has 4 heteroatoms. The molecule has 0 saturated carbocycles. The van der Waals surface area contributed by atoms with E-state index < -0.39 is 5.97 Å². The van der Waals surface area contributed by atoms with Crippen molar-refractivity contribution in [2.75, 3.05) is 5.32 Å². The van der Waals surface area contributed by atoms with Gasteiger partial charge in [0.2, 0.25) is 0 Å². The number of rotatable bonds is 2. The number of allylic oxidation sites excluding steroid dienone is 2. The Hall–Kier alpha value is -2.07. The van der Waals surface area contributed by atoms with Crippen molar-refractivity contribution in [3.05, 3.63) is 75.8 Å². The number of carbonyl (C=O) groups excluding carboxylic acids is 1. The van der Waals surface area contributed by atoms with E-state index in [-0.39, 0.29) is 17.5 Å². The summed E-state index contributed by atoms with van der Waals surface area (Å²) in [6.07, 6.45) is 5.38. The lowest BCUT2D eigenvalue weighted by Crippen LogP contribution is -2.32. The van der Waals surface area contributed by atoms with Crippen LogP contribution in [0.15, 0.2) is 59.1 Å². The Balaban J connectivity index is 1.87. The van der Waals surface area contributed by atoms with Crippen LogP contribution in [0.3, 0.4) is 0 Å². The van der Waals surface area contributed by atoms with Crippen molar-refractivity contribution in [3.8, 4) is 0 Å². The summed E-state index contributed by atoms with van der Waals surface area (Å²) in [5, 5.41) is 15.0. The van der Waals surface area contributed by atoms with Crippen LogP contribution in [0.4, 0.5) is 5.69 Å². The highest BCUT2D eigenvalue weighted by atomic mass is 79.9. The summed E-state index contributed by atoms with van der Waals surface area (Å²) in [6, 6.07) is 13.6. The van der Waals surface area contributed by atoms with Gasteiger partial charge in [0.15, 0.2) is 0 Å². The molecule has 1 N–H and O–H groups in total. The Labute approximate surface area is 143 Å². The second-order valence-electron chi connectivity index (χ2n) is 6.05. The molecule has 0 spiro atoms. The first kappa shape index (κ1) is 14.5. The molecule has 2 aromatic rings. The number of benzene rings is 2. The van der Waals surface area contributed by atoms with Crippen LogP contribution in [0.5, 0.6) is 0 Å². The van der Waals surface area contributed by atoms with Gasteiger partial charge in [-0.1, -0.05) is 64.5 Å². The van der Waals surface area contributed by atoms with Crippen LogP contribution < -0.4 is 10.4 Å². The van der Waals surface area contributed by atoms with Crippen LogP contribution in [0, 0.1) is 5.92 Å². The van der Waals surface area contributed by atoms with Crippen molar-refractivity contribution in [2.24, 2.45) is 5.92 Å². The molecule has 0 unspecified atom stereocenters. The van der Waals surface area contributed by atoms with E-state index in [0.717, 1.165) is 22.0 Å². The van der Waals surface area contributed by atoms with Crippen molar-refractivity contribution in [1.29, 1.82) is 0 Å². The lowest BCUT2D eigenvalue weighted by Gasteiger charge is -2.39. The summed E-state index contributed by atoms with van der Waals surface area (Å²) in [5.41, 5.74) is 3.14. The van der Waals surface area contributed by atoms with Gasteiger partial charge in [0.25, 0.3) is 0 Å². The van der Waals surface area contributed by atoms with Gasteiger partial charge in [-0.05, 0) is 29.5 Å². The van der Waals surface area contributed by atoms with Gasteiger partial charge in [0.1, 0.15) is 0 Å². The van der Waals surface area contributed by atoms with Crippen molar-refractivity contribution in [2.45, 2.75) is 18.4 Å². The number of hydrogen-bond donors (Lipinski definition) is 1. The molecule has 2 aliphatic rings. The number of carboxylic acid groups (broad SMARTS) is 1. The molecule has 1 aliphatic heterocycles. The van der Waals surface area contributed by atoms with Crippen LogP contribution >= 0.6 is 15.9 Å². The first-order valence-corrected chi connectivity index (χ1v) is 8.48. The third-order valence-electron chi connectivity index (χ3n) is 4.86. The molecular formula is C19H15BrNO2-. The molecule has 1 heterocycles. The SMILES string of the molecule is O=C([O-])c1cccc2c1N[C@H](c1ccccc1Br)[C@H]1CC=C[C@H]21. The number of carbonyl (C=O) groups is 1. The summed E-state index contributed by atoms with van der Waals surface area (Å²) in [6.45, 7) is 0. The molecule has 0 fully saturated rings. The van der Waals surface area contributed by atoms with Gasteiger partial charge >= 0.3 is 0 Å². The van der Waals surface area contributed by atoms with Gasteiger partial charge < -0.3 is 15.2 Å². The van der Waals surface area contributed by atoms with E-state index >= 15 is 0 Å². The van der Waals surface area contributed by atoms with Gasteiger partial charge in [-0.2, -0.15) is 0 Å². The highest BCUT2D eigenvalue weighted by Crippen LogP contribution is 2.51. The molecule has 3 atom stereocenters. The Bertz CT molecular complexity index is 815. The number of nitrogens with one attached hydrogen (secondary N) is 1. The van der Waals surface area contributed by atoms with E-state index in [9.17, 15) is 9.90 Å². The first-order valence-electron chi connectivity index (χ1n) is 7.68. The third kappa shape index (κ3) is 2.29. The number of fused-ring (bicyclic) bond motifs is 3. The maximum absolute atomic E-state index is 11.5. The summed E-state index contributed by atoms with van der Waals surface area (Å²) in [7, 11) is 0. The van der Waals surface area contributed by atoms with E-state index in [1.807, 2.05) is 24.3 Å². The average Bonchev–Trinajstić information content (AvgIpc) is 3.04. The minimum atomic E-state index is -1.14. The second kappa shape index (κ2) is 5.53. The molecule has 0 saturated heterocycles. The fourth-order valence-corrected chi connectivity index (χ4v) is 4.36. The van der Waals surface area contributed by atoms with Gasteiger partial charge in [-0.15, -0.1) is 0 Å². The average molecular weight is 369 g/mol. The number of anilines is 1. The van der Waals surface area contributed by atoms with E-state index in [2.05, 4.69) is 39.5 Å². The third-order valence-corrected chi connectivity index (χ3v) is 5.58. The lowest BCUT2D eigenvalue weighted by atomic mass is 9.76. The van der Waals surface area contributed by atoms with Crippen molar-refractivity contribution < 1.29 is 9.90 Å². The number of aromatic carboxylic acids is 1. The lowest BCUT2D eigenvalue weighted by molar-refractivity contribution is -0.254. The maximum atomic E-state index is 11.5. The van der Waals surface area contributed by atoms with Crippen LogP contribution in [0.25, 0.3) is 0 Å².